The lowest BCUT2D eigenvalue weighted by atomic mass is 10.1. The Morgan fingerprint density at radius 3 is 2.92 bits per heavy atom. The zero-order chi connectivity index (χ0) is 17.4. The van der Waals surface area contributed by atoms with Crippen LogP contribution in [0.25, 0.3) is 11.1 Å². The predicted octanol–water partition coefficient (Wildman–Crippen LogP) is 4.04. The van der Waals surface area contributed by atoms with Crippen LogP contribution in [0.2, 0.25) is 5.02 Å². The van der Waals surface area contributed by atoms with Crippen molar-refractivity contribution in [3.8, 4) is 0 Å². The van der Waals surface area contributed by atoms with Gasteiger partial charge in [0.2, 0.25) is 0 Å². The molecule has 0 bridgehead atoms. The molecule has 0 N–H and O–H groups in total. The van der Waals surface area contributed by atoms with E-state index in [4.69, 9.17) is 20.8 Å². The fourth-order valence-corrected chi connectivity index (χ4v) is 3.73. The first kappa shape index (κ1) is 16.8. The summed E-state index contributed by atoms with van der Waals surface area (Å²) < 4.78 is 13.8. The van der Waals surface area contributed by atoms with Gasteiger partial charge in [-0.1, -0.05) is 45.7 Å². The molecule has 1 fully saturated rings. The number of halogens is 2. The maximum absolute atomic E-state index is 12.2. The molecule has 1 saturated heterocycles. The minimum Gasteiger partial charge on any atom is -0.408 e. The molecule has 0 radical (unpaired) electrons. The van der Waals surface area contributed by atoms with Crippen LogP contribution < -0.4 is 5.76 Å². The first-order chi connectivity index (χ1) is 12.1. The van der Waals surface area contributed by atoms with Crippen molar-refractivity contribution in [1.82, 2.24) is 9.47 Å². The van der Waals surface area contributed by atoms with Crippen molar-refractivity contribution in [1.29, 1.82) is 0 Å². The summed E-state index contributed by atoms with van der Waals surface area (Å²) in [7, 11) is 0. The average Bonchev–Trinajstić information content (AvgIpc) is 2.90. The Morgan fingerprint density at radius 2 is 2.08 bits per heavy atom. The number of ether oxygens (including phenoxy) is 1. The van der Waals surface area contributed by atoms with Crippen LogP contribution in [0.4, 0.5) is 0 Å². The number of hydrogen-bond donors (Lipinski definition) is 0. The maximum atomic E-state index is 12.2. The van der Waals surface area contributed by atoms with Gasteiger partial charge in [0.25, 0.3) is 0 Å². The number of fused-ring (bicyclic) bond motifs is 1. The highest BCUT2D eigenvalue weighted by molar-refractivity contribution is 9.10. The molecule has 1 unspecified atom stereocenters. The summed E-state index contributed by atoms with van der Waals surface area (Å²) in [5.41, 5.74) is 2.34. The molecule has 25 heavy (non-hydrogen) atoms. The minimum absolute atomic E-state index is 0.106. The van der Waals surface area contributed by atoms with E-state index in [0.717, 1.165) is 22.1 Å². The van der Waals surface area contributed by atoms with Crippen LogP contribution in [-0.4, -0.2) is 29.2 Å². The smallest absolute Gasteiger partial charge is 0.408 e. The van der Waals surface area contributed by atoms with Gasteiger partial charge in [-0.25, -0.2) is 4.79 Å². The van der Waals surface area contributed by atoms with Crippen LogP contribution in [0.1, 0.15) is 11.7 Å². The molecule has 3 aromatic rings. The molecule has 2 heterocycles. The van der Waals surface area contributed by atoms with Gasteiger partial charge in [-0.15, -0.1) is 0 Å². The Balaban J connectivity index is 1.58. The highest BCUT2D eigenvalue weighted by atomic mass is 79.9. The monoisotopic (exact) mass is 422 g/mol. The van der Waals surface area contributed by atoms with Gasteiger partial charge >= 0.3 is 5.76 Å². The molecule has 1 atom stereocenters. The van der Waals surface area contributed by atoms with Crippen molar-refractivity contribution < 1.29 is 9.15 Å². The average molecular weight is 424 g/mol. The molecule has 1 aliphatic heterocycles. The molecule has 0 amide bonds. The van der Waals surface area contributed by atoms with Crippen LogP contribution in [0.3, 0.4) is 0 Å². The summed E-state index contributed by atoms with van der Waals surface area (Å²) in [6, 6.07) is 13.3. The highest BCUT2D eigenvalue weighted by Gasteiger charge is 2.24. The Hall–Kier alpha value is -1.60. The largest absolute Gasteiger partial charge is 0.421 e. The molecule has 1 aliphatic rings. The normalized spacial score (nSPS) is 18.7. The molecule has 0 saturated carbocycles. The molecule has 1 aromatic heterocycles. The van der Waals surface area contributed by atoms with Crippen molar-refractivity contribution in [3.05, 3.63) is 68.1 Å². The molecule has 130 valence electrons. The van der Waals surface area contributed by atoms with Crippen molar-refractivity contribution in [2.45, 2.75) is 12.8 Å². The summed E-state index contributed by atoms with van der Waals surface area (Å²) in [5, 5.41) is 0.699. The van der Waals surface area contributed by atoms with Crippen LogP contribution in [0, 0.1) is 0 Å². The second-order valence-electron chi connectivity index (χ2n) is 6.01. The SMILES string of the molecule is O=c1oc2cc(Br)ccc2n1CN1CCOC(c2ccccc2Cl)C1. The van der Waals surface area contributed by atoms with E-state index < -0.39 is 0 Å². The predicted molar refractivity (Wildman–Crippen MR) is 99.9 cm³/mol. The molecule has 7 heteroatoms. The van der Waals surface area contributed by atoms with Gasteiger partial charge in [0.1, 0.15) is 0 Å². The van der Waals surface area contributed by atoms with Gasteiger partial charge in [0.15, 0.2) is 5.58 Å². The number of rotatable bonds is 3. The zero-order valence-corrected chi connectivity index (χ0v) is 15.7. The first-order valence-electron chi connectivity index (χ1n) is 7.99. The summed E-state index contributed by atoms with van der Waals surface area (Å²) >= 11 is 9.69. The van der Waals surface area contributed by atoms with E-state index in [0.29, 0.717) is 30.4 Å². The molecule has 4 rings (SSSR count). The van der Waals surface area contributed by atoms with E-state index >= 15 is 0 Å². The number of oxazole rings is 1. The fourth-order valence-electron chi connectivity index (χ4n) is 3.13. The van der Waals surface area contributed by atoms with E-state index in [-0.39, 0.29) is 11.9 Å². The lowest BCUT2D eigenvalue weighted by Crippen LogP contribution is -2.40. The molecular formula is C18H16BrClN2O3. The Kier molecular flexibility index (Phi) is 4.69. The lowest BCUT2D eigenvalue weighted by molar-refractivity contribution is -0.0405. The number of benzene rings is 2. The molecule has 5 nitrogen and oxygen atoms in total. The van der Waals surface area contributed by atoms with Crippen molar-refractivity contribution in [3.63, 3.8) is 0 Å². The summed E-state index contributed by atoms with van der Waals surface area (Å²) in [6.45, 7) is 2.46. The van der Waals surface area contributed by atoms with Crippen LogP contribution in [0.5, 0.6) is 0 Å². The third-order valence-electron chi connectivity index (χ3n) is 4.37. The second-order valence-corrected chi connectivity index (χ2v) is 7.33. The molecular weight excluding hydrogens is 408 g/mol. The van der Waals surface area contributed by atoms with Gasteiger partial charge in [-0.2, -0.15) is 0 Å². The number of hydrogen-bond acceptors (Lipinski definition) is 4. The summed E-state index contributed by atoms with van der Waals surface area (Å²) in [4.78, 5) is 14.4. The molecule has 0 aliphatic carbocycles. The zero-order valence-electron chi connectivity index (χ0n) is 13.3. The first-order valence-corrected chi connectivity index (χ1v) is 9.16. The summed E-state index contributed by atoms with van der Waals surface area (Å²) in [6.07, 6.45) is -0.106. The standard InChI is InChI=1S/C18H16BrClN2O3/c19-12-5-6-15-16(9-12)25-18(23)22(15)11-21-7-8-24-17(10-21)13-3-1-2-4-14(13)20/h1-6,9,17H,7-8,10-11H2. The topological polar surface area (TPSA) is 47.6 Å². The van der Waals surface area contributed by atoms with E-state index in [9.17, 15) is 4.79 Å². The third-order valence-corrected chi connectivity index (χ3v) is 5.21. The lowest BCUT2D eigenvalue weighted by Gasteiger charge is -2.33. The van der Waals surface area contributed by atoms with Gasteiger partial charge in [-0.3, -0.25) is 9.47 Å². The maximum Gasteiger partial charge on any atom is 0.421 e. The van der Waals surface area contributed by atoms with Gasteiger partial charge in [-0.05, 0) is 24.3 Å². The van der Waals surface area contributed by atoms with Crippen LogP contribution >= 0.6 is 27.5 Å². The van der Waals surface area contributed by atoms with Gasteiger partial charge < -0.3 is 9.15 Å². The number of morpholine rings is 1. The van der Waals surface area contributed by atoms with Gasteiger partial charge in [0.05, 0.1) is 24.9 Å². The third kappa shape index (κ3) is 3.40. The van der Waals surface area contributed by atoms with E-state index in [2.05, 4.69) is 20.8 Å². The molecule has 2 aromatic carbocycles. The van der Waals surface area contributed by atoms with E-state index in [1.807, 2.05) is 36.4 Å². The van der Waals surface area contributed by atoms with Crippen LogP contribution in [-0.2, 0) is 11.4 Å². The van der Waals surface area contributed by atoms with Crippen molar-refractivity contribution >= 4 is 38.6 Å². The summed E-state index contributed by atoms with van der Waals surface area (Å²) in [5.74, 6) is -0.353. The Labute approximate surface area is 157 Å². The molecule has 0 spiro atoms. The Morgan fingerprint density at radius 1 is 1.24 bits per heavy atom. The van der Waals surface area contributed by atoms with Crippen molar-refractivity contribution in [2.24, 2.45) is 0 Å². The number of aromatic nitrogens is 1. The quantitative estimate of drug-likeness (QED) is 0.638. The van der Waals surface area contributed by atoms with Gasteiger partial charge in [0, 0.05) is 28.1 Å². The highest BCUT2D eigenvalue weighted by Crippen LogP contribution is 2.28. The number of nitrogens with zero attached hydrogens (tertiary/aromatic N) is 2. The van der Waals surface area contributed by atoms with E-state index in [1.54, 1.807) is 10.6 Å². The van der Waals surface area contributed by atoms with Crippen molar-refractivity contribution in [2.75, 3.05) is 19.7 Å². The Bertz CT molecular complexity index is 968. The van der Waals surface area contributed by atoms with E-state index in [1.165, 1.54) is 0 Å². The fraction of sp³-hybridized carbons (Fsp3) is 0.278. The van der Waals surface area contributed by atoms with Crippen LogP contribution in [0.15, 0.2) is 56.1 Å². The minimum atomic E-state index is -0.353. The second kappa shape index (κ2) is 6.96.